The Labute approximate surface area is 153 Å². The van der Waals surface area contributed by atoms with Crippen LogP contribution < -0.4 is 0 Å². The van der Waals surface area contributed by atoms with Crippen LogP contribution in [-0.4, -0.2) is 33.5 Å². The van der Waals surface area contributed by atoms with Crippen molar-refractivity contribution in [1.82, 2.24) is 15.0 Å². The summed E-state index contributed by atoms with van der Waals surface area (Å²) in [6.07, 6.45) is 5.49. The number of carbonyl (C=O) groups excluding carboxylic acids is 1. The largest absolute Gasteiger partial charge is 0.336 e. The molecule has 5 nitrogen and oxygen atoms in total. The van der Waals surface area contributed by atoms with E-state index in [-0.39, 0.29) is 11.9 Å². The molecular weight excluding hydrogens is 326 g/mol. The molecule has 1 aliphatic rings. The van der Waals surface area contributed by atoms with E-state index in [4.69, 9.17) is 4.52 Å². The molecule has 26 heavy (non-hydrogen) atoms. The van der Waals surface area contributed by atoms with Crippen LogP contribution >= 0.6 is 0 Å². The summed E-state index contributed by atoms with van der Waals surface area (Å²) >= 11 is 0. The van der Waals surface area contributed by atoms with Gasteiger partial charge < -0.3 is 9.42 Å². The van der Waals surface area contributed by atoms with Crippen molar-refractivity contribution in [3.8, 4) is 0 Å². The SMILES string of the molecule is CCCN(C(=O)c1cnc2onc(C)c2c1)[C@H]1CCc2ccccc2C1. The first-order valence-corrected chi connectivity index (χ1v) is 9.27. The van der Waals surface area contributed by atoms with E-state index in [1.54, 1.807) is 6.20 Å². The van der Waals surface area contributed by atoms with Crippen LogP contribution in [0.4, 0.5) is 0 Å². The lowest BCUT2D eigenvalue weighted by atomic mass is 9.87. The summed E-state index contributed by atoms with van der Waals surface area (Å²) in [4.78, 5) is 19.6. The Bertz CT molecular complexity index is 947. The monoisotopic (exact) mass is 349 g/mol. The number of hydrogen-bond acceptors (Lipinski definition) is 4. The van der Waals surface area contributed by atoms with Crippen molar-refractivity contribution in [3.63, 3.8) is 0 Å². The van der Waals surface area contributed by atoms with Gasteiger partial charge in [0.15, 0.2) is 0 Å². The fourth-order valence-corrected chi connectivity index (χ4v) is 3.86. The number of rotatable bonds is 4. The van der Waals surface area contributed by atoms with Crippen molar-refractivity contribution in [2.75, 3.05) is 6.54 Å². The summed E-state index contributed by atoms with van der Waals surface area (Å²) in [5.41, 5.74) is 4.62. The maximum atomic E-state index is 13.3. The molecule has 0 aliphatic heterocycles. The van der Waals surface area contributed by atoms with Crippen LogP contribution in [0.1, 0.15) is 46.9 Å². The number of aryl methyl sites for hydroxylation is 2. The van der Waals surface area contributed by atoms with Gasteiger partial charge in [-0.25, -0.2) is 4.98 Å². The molecule has 0 saturated heterocycles. The van der Waals surface area contributed by atoms with Gasteiger partial charge in [0.05, 0.1) is 16.6 Å². The highest BCUT2D eigenvalue weighted by Gasteiger charge is 2.28. The average Bonchev–Trinajstić information content (AvgIpc) is 3.05. The van der Waals surface area contributed by atoms with E-state index in [9.17, 15) is 4.79 Å². The Balaban J connectivity index is 1.63. The van der Waals surface area contributed by atoms with Crippen molar-refractivity contribution in [2.45, 2.75) is 45.6 Å². The number of fused-ring (bicyclic) bond motifs is 2. The van der Waals surface area contributed by atoms with Crippen LogP contribution in [0.3, 0.4) is 0 Å². The first-order valence-electron chi connectivity index (χ1n) is 9.27. The maximum Gasteiger partial charge on any atom is 0.257 e. The zero-order valence-electron chi connectivity index (χ0n) is 15.2. The van der Waals surface area contributed by atoms with Crippen molar-refractivity contribution >= 4 is 17.0 Å². The number of nitrogens with zero attached hydrogens (tertiary/aromatic N) is 3. The minimum Gasteiger partial charge on any atom is -0.336 e. The summed E-state index contributed by atoms with van der Waals surface area (Å²) in [5.74, 6) is 0.0474. The summed E-state index contributed by atoms with van der Waals surface area (Å²) < 4.78 is 5.16. The van der Waals surface area contributed by atoms with Gasteiger partial charge in [-0.2, -0.15) is 0 Å². The van der Waals surface area contributed by atoms with Gasteiger partial charge in [0.1, 0.15) is 0 Å². The number of benzene rings is 1. The minimum atomic E-state index is 0.0474. The van der Waals surface area contributed by atoms with Crippen molar-refractivity contribution < 1.29 is 9.32 Å². The van der Waals surface area contributed by atoms with Gasteiger partial charge >= 0.3 is 0 Å². The van der Waals surface area contributed by atoms with E-state index in [1.165, 1.54) is 11.1 Å². The van der Waals surface area contributed by atoms with Crippen LogP contribution in [0.2, 0.25) is 0 Å². The molecule has 0 N–H and O–H groups in total. The van der Waals surface area contributed by atoms with Gasteiger partial charge in [-0.05, 0) is 49.8 Å². The molecular formula is C21H23N3O2. The number of amides is 1. The summed E-state index contributed by atoms with van der Waals surface area (Å²) in [7, 11) is 0. The predicted molar refractivity (Wildman–Crippen MR) is 100 cm³/mol. The molecule has 0 radical (unpaired) electrons. The first kappa shape index (κ1) is 16.8. The van der Waals surface area contributed by atoms with Crippen molar-refractivity contribution in [3.05, 3.63) is 58.9 Å². The molecule has 0 unspecified atom stereocenters. The first-order chi connectivity index (χ1) is 12.7. The maximum absolute atomic E-state index is 13.3. The topological polar surface area (TPSA) is 59.2 Å². The van der Waals surface area contributed by atoms with E-state index >= 15 is 0 Å². The Kier molecular flexibility index (Phi) is 4.45. The fraction of sp³-hybridized carbons (Fsp3) is 0.381. The molecule has 3 aromatic rings. The number of aromatic nitrogens is 2. The van der Waals surface area contributed by atoms with E-state index in [2.05, 4.69) is 41.3 Å². The standard InChI is InChI=1S/C21H23N3O2/c1-3-10-24(18-9-8-15-6-4-5-7-16(15)11-18)21(25)17-12-19-14(2)23-26-20(19)22-13-17/h4-7,12-13,18H,3,8-11H2,1-2H3/t18-/m0/s1. The minimum absolute atomic E-state index is 0.0474. The van der Waals surface area contributed by atoms with Crippen LogP contribution in [0.5, 0.6) is 0 Å². The van der Waals surface area contributed by atoms with E-state index < -0.39 is 0 Å². The molecule has 5 heteroatoms. The van der Waals surface area contributed by atoms with Crippen LogP contribution in [0.15, 0.2) is 41.1 Å². The van der Waals surface area contributed by atoms with E-state index in [1.807, 2.05) is 17.9 Å². The Morgan fingerprint density at radius 2 is 2.12 bits per heavy atom. The third-order valence-corrected chi connectivity index (χ3v) is 5.24. The molecule has 0 bridgehead atoms. The summed E-state index contributed by atoms with van der Waals surface area (Å²) in [6, 6.07) is 10.6. The Morgan fingerprint density at radius 3 is 2.92 bits per heavy atom. The second kappa shape index (κ2) is 6.90. The molecule has 0 saturated carbocycles. The summed E-state index contributed by atoms with van der Waals surface area (Å²) in [5, 5.41) is 4.74. The number of pyridine rings is 1. The predicted octanol–water partition coefficient (Wildman–Crippen LogP) is 3.94. The second-order valence-electron chi connectivity index (χ2n) is 7.01. The van der Waals surface area contributed by atoms with E-state index in [0.29, 0.717) is 11.3 Å². The lowest BCUT2D eigenvalue weighted by Gasteiger charge is -2.35. The zero-order chi connectivity index (χ0) is 18.1. The number of hydrogen-bond donors (Lipinski definition) is 0. The smallest absolute Gasteiger partial charge is 0.257 e. The van der Waals surface area contributed by atoms with E-state index in [0.717, 1.165) is 43.3 Å². The second-order valence-corrected chi connectivity index (χ2v) is 7.01. The molecule has 4 rings (SSSR count). The number of carbonyl (C=O) groups is 1. The quantitative estimate of drug-likeness (QED) is 0.716. The Hall–Kier alpha value is -2.69. The van der Waals surface area contributed by atoms with Gasteiger partial charge in [0.25, 0.3) is 11.6 Å². The fourth-order valence-electron chi connectivity index (χ4n) is 3.86. The molecule has 2 aromatic heterocycles. The molecule has 1 atom stereocenters. The molecule has 1 aromatic carbocycles. The molecule has 1 aliphatic carbocycles. The van der Waals surface area contributed by atoms with Gasteiger partial charge in [-0.3, -0.25) is 4.79 Å². The lowest BCUT2D eigenvalue weighted by Crippen LogP contribution is -2.44. The highest BCUT2D eigenvalue weighted by atomic mass is 16.5. The summed E-state index contributed by atoms with van der Waals surface area (Å²) in [6.45, 7) is 4.73. The van der Waals surface area contributed by atoms with Gasteiger partial charge in [0.2, 0.25) is 0 Å². The molecule has 134 valence electrons. The molecule has 2 heterocycles. The van der Waals surface area contributed by atoms with Crippen LogP contribution in [0.25, 0.3) is 11.1 Å². The van der Waals surface area contributed by atoms with Crippen LogP contribution in [0, 0.1) is 6.92 Å². The highest BCUT2D eigenvalue weighted by molar-refractivity contribution is 5.97. The van der Waals surface area contributed by atoms with Crippen molar-refractivity contribution in [1.29, 1.82) is 0 Å². The van der Waals surface area contributed by atoms with Crippen molar-refractivity contribution in [2.24, 2.45) is 0 Å². The molecule has 0 spiro atoms. The van der Waals surface area contributed by atoms with Crippen LogP contribution in [-0.2, 0) is 12.8 Å². The third kappa shape index (κ3) is 2.98. The zero-order valence-corrected chi connectivity index (χ0v) is 15.2. The molecule has 1 amide bonds. The van der Waals surface area contributed by atoms with Gasteiger partial charge in [0, 0.05) is 18.8 Å². The molecule has 0 fully saturated rings. The lowest BCUT2D eigenvalue weighted by molar-refractivity contribution is 0.0661. The third-order valence-electron chi connectivity index (χ3n) is 5.24. The van der Waals surface area contributed by atoms with Gasteiger partial charge in [-0.1, -0.05) is 36.3 Å². The Morgan fingerprint density at radius 1 is 1.31 bits per heavy atom. The normalized spacial score (nSPS) is 16.5. The van der Waals surface area contributed by atoms with Gasteiger partial charge in [-0.15, -0.1) is 0 Å². The highest BCUT2D eigenvalue weighted by Crippen LogP contribution is 2.26. The average molecular weight is 349 g/mol.